The van der Waals surface area contributed by atoms with E-state index >= 15 is 0 Å². The molecule has 2 amide bonds. The molecule has 0 saturated carbocycles. The molecule has 86 valence electrons. The van der Waals surface area contributed by atoms with E-state index < -0.39 is 0 Å². The molecule has 6 nitrogen and oxygen atoms in total. The number of aromatic amines is 1. The van der Waals surface area contributed by atoms with Gasteiger partial charge in [0, 0.05) is 25.3 Å². The zero-order valence-corrected chi connectivity index (χ0v) is 9.14. The van der Waals surface area contributed by atoms with Crippen LogP contribution in [-0.2, 0) is 16.0 Å². The van der Waals surface area contributed by atoms with Crippen molar-refractivity contribution in [1.29, 1.82) is 0 Å². The number of carbonyl (C=O) groups is 2. The van der Waals surface area contributed by atoms with E-state index in [2.05, 4.69) is 15.2 Å². The highest BCUT2D eigenvalue weighted by Gasteiger charge is 2.34. The van der Waals surface area contributed by atoms with E-state index in [0.29, 0.717) is 19.4 Å². The van der Waals surface area contributed by atoms with Gasteiger partial charge in [-0.15, -0.1) is 0 Å². The van der Waals surface area contributed by atoms with Crippen LogP contribution in [0, 0.1) is 5.92 Å². The van der Waals surface area contributed by atoms with Crippen molar-refractivity contribution in [2.24, 2.45) is 5.92 Å². The molecule has 1 aromatic heterocycles. The van der Waals surface area contributed by atoms with Crippen molar-refractivity contribution in [3.05, 3.63) is 12.2 Å². The number of aromatic nitrogens is 3. The van der Waals surface area contributed by atoms with Crippen LogP contribution in [0.5, 0.6) is 0 Å². The lowest BCUT2D eigenvalue weighted by molar-refractivity contribution is -0.139. The standard InChI is InChI=1S/C10H14N4O2/c1-7-5-9(15)14(10(7)16)4-2-3-8-11-6-12-13-8/h6-7H,2-5H2,1H3,(H,11,12,13). The molecule has 2 heterocycles. The normalized spacial score (nSPS) is 20.8. The molecular weight excluding hydrogens is 208 g/mol. The minimum atomic E-state index is -0.155. The molecule has 1 aliphatic rings. The molecule has 1 saturated heterocycles. The monoisotopic (exact) mass is 222 g/mol. The number of hydrogen-bond donors (Lipinski definition) is 1. The molecule has 1 N–H and O–H groups in total. The van der Waals surface area contributed by atoms with Crippen molar-refractivity contribution in [2.45, 2.75) is 26.2 Å². The van der Waals surface area contributed by atoms with Crippen LogP contribution in [0.3, 0.4) is 0 Å². The fraction of sp³-hybridized carbons (Fsp3) is 0.600. The number of rotatable bonds is 4. The average Bonchev–Trinajstić information content (AvgIpc) is 2.82. The predicted molar refractivity (Wildman–Crippen MR) is 55.2 cm³/mol. The van der Waals surface area contributed by atoms with Crippen molar-refractivity contribution in [1.82, 2.24) is 20.1 Å². The molecule has 0 radical (unpaired) electrons. The van der Waals surface area contributed by atoms with Crippen LogP contribution in [0.1, 0.15) is 25.6 Å². The van der Waals surface area contributed by atoms with E-state index in [-0.39, 0.29) is 17.7 Å². The molecule has 0 spiro atoms. The van der Waals surface area contributed by atoms with E-state index in [9.17, 15) is 9.59 Å². The predicted octanol–water partition coefficient (Wildman–Crippen LogP) is 0.132. The lowest BCUT2D eigenvalue weighted by Gasteiger charge is -2.13. The fourth-order valence-corrected chi connectivity index (χ4v) is 1.84. The summed E-state index contributed by atoms with van der Waals surface area (Å²) in [6.45, 7) is 2.26. The molecule has 1 aliphatic heterocycles. The summed E-state index contributed by atoms with van der Waals surface area (Å²) in [4.78, 5) is 28.4. The summed E-state index contributed by atoms with van der Waals surface area (Å²) in [5.41, 5.74) is 0. The minimum Gasteiger partial charge on any atom is -0.282 e. The first-order valence-electron chi connectivity index (χ1n) is 5.37. The first kappa shape index (κ1) is 10.8. The van der Waals surface area contributed by atoms with Gasteiger partial charge in [-0.25, -0.2) is 4.98 Å². The summed E-state index contributed by atoms with van der Waals surface area (Å²) >= 11 is 0. The molecule has 1 atom stereocenters. The smallest absolute Gasteiger partial charge is 0.232 e. The molecule has 0 aliphatic carbocycles. The van der Waals surface area contributed by atoms with Crippen LogP contribution in [0.2, 0.25) is 0 Å². The number of aryl methyl sites for hydroxylation is 1. The van der Waals surface area contributed by atoms with Gasteiger partial charge < -0.3 is 0 Å². The number of imide groups is 1. The summed E-state index contributed by atoms with van der Waals surface area (Å²) in [5.74, 6) is 0.516. The third-order valence-corrected chi connectivity index (χ3v) is 2.73. The van der Waals surface area contributed by atoms with E-state index in [1.165, 1.54) is 11.2 Å². The number of H-pyrrole nitrogens is 1. The minimum absolute atomic E-state index is 0.0532. The van der Waals surface area contributed by atoms with Crippen molar-refractivity contribution < 1.29 is 9.59 Å². The number of hydrogen-bond acceptors (Lipinski definition) is 4. The van der Waals surface area contributed by atoms with Crippen LogP contribution in [0.15, 0.2) is 6.33 Å². The maximum Gasteiger partial charge on any atom is 0.232 e. The number of nitrogens with one attached hydrogen (secondary N) is 1. The van der Waals surface area contributed by atoms with Crippen molar-refractivity contribution in [3.8, 4) is 0 Å². The van der Waals surface area contributed by atoms with Gasteiger partial charge in [-0.2, -0.15) is 5.10 Å². The maximum absolute atomic E-state index is 11.6. The summed E-state index contributed by atoms with van der Waals surface area (Å²) < 4.78 is 0. The summed E-state index contributed by atoms with van der Waals surface area (Å²) in [6.07, 6.45) is 3.22. The molecule has 1 fully saturated rings. The Kier molecular flexibility index (Phi) is 2.98. The van der Waals surface area contributed by atoms with Gasteiger partial charge in [-0.3, -0.25) is 19.6 Å². The highest BCUT2D eigenvalue weighted by molar-refractivity contribution is 6.03. The van der Waals surface area contributed by atoms with Gasteiger partial charge in [0.25, 0.3) is 0 Å². The second-order valence-electron chi connectivity index (χ2n) is 4.02. The first-order valence-corrected chi connectivity index (χ1v) is 5.37. The first-order chi connectivity index (χ1) is 7.68. The van der Waals surface area contributed by atoms with Gasteiger partial charge in [-0.05, 0) is 6.42 Å². The fourth-order valence-electron chi connectivity index (χ4n) is 1.84. The molecule has 2 rings (SSSR count). The van der Waals surface area contributed by atoms with E-state index in [0.717, 1.165) is 12.2 Å². The molecule has 1 unspecified atom stereocenters. The lowest BCUT2D eigenvalue weighted by Crippen LogP contribution is -2.31. The van der Waals surface area contributed by atoms with Crippen molar-refractivity contribution in [2.75, 3.05) is 6.54 Å². The van der Waals surface area contributed by atoms with Crippen LogP contribution < -0.4 is 0 Å². The highest BCUT2D eigenvalue weighted by atomic mass is 16.2. The van der Waals surface area contributed by atoms with Gasteiger partial charge >= 0.3 is 0 Å². The van der Waals surface area contributed by atoms with Gasteiger partial charge in [0.05, 0.1) is 0 Å². The highest BCUT2D eigenvalue weighted by Crippen LogP contribution is 2.18. The third-order valence-electron chi connectivity index (χ3n) is 2.73. The molecule has 16 heavy (non-hydrogen) atoms. The Hall–Kier alpha value is -1.72. The topological polar surface area (TPSA) is 79.0 Å². The molecule has 0 bridgehead atoms. The molecule has 6 heteroatoms. The number of likely N-dealkylation sites (tertiary alicyclic amines) is 1. The summed E-state index contributed by atoms with van der Waals surface area (Å²) in [5, 5.41) is 6.48. The van der Waals surface area contributed by atoms with Crippen LogP contribution in [0.4, 0.5) is 0 Å². The van der Waals surface area contributed by atoms with E-state index in [4.69, 9.17) is 0 Å². The van der Waals surface area contributed by atoms with Crippen LogP contribution in [0.25, 0.3) is 0 Å². The number of amides is 2. The van der Waals surface area contributed by atoms with Crippen LogP contribution in [-0.4, -0.2) is 38.4 Å². The Morgan fingerprint density at radius 2 is 2.38 bits per heavy atom. The average molecular weight is 222 g/mol. The zero-order valence-electron chi connectivity index (χ0n) is 9.14. The Bertz CT molecular complexity index is 388. The lowest BCUT2D eigenvalue weighted by atomic mass is 10.1. The zero-order chi connectivity index (χ0) is 11.5. The Labute approximate surface area is 93.0 Å². The van der Waals surface area contributed by atoms with Crippen molar-refractivity contribution in [3.63, 3.8) is 0 Å². The molecule has 0 aromatic carbocycles. The van der Waals surface area contributed by atoms with Gasteiger partial charge in [0.15, 0.2) is 0 Å². The second kappa shape index (κ2) is 4.42. The third kappa shape index (κ3) is 2.10. The SMILES string of the molecule is CC1CC(=O)N(CCCc2ncn[nH]2)C1=O. The number of carbonyl (C=O) groups excluding carboxylic acids is 2. The summed E-state index contributed by atoms with van der Waals surface area (Å²) in [6, 6.07) is 0. The molecular formula is C10H14N4O2. The van der Waals surface area contributed by atoms with Gasteiger partial charge in [0.1, 0.15) is 12.2 Å². The second-order valence-corrected chi connectivity index (χ2v) is 4.02. The summed E-state index contributed by atoms with van der Waals surface area (Å²) in [7, 11) is 0. The van der Waals surface area contributed by atoms with E-state index in [1.807, 2.05) is 0 Å². The quantitative estimate of drug-likeness (QED) is 0.734. The van der Waals surface area contributed by atoms with Crippen LogP contribution >= 0.6 is 0 Å². The number of nitrogens with zero attached hydrogens (tertiary/aromatic N) is 3. The van der Waals surface area contributed by atoms with Gasteiger partial charge in [0.2, 0.25) is 11.8 Å². The van der Waals surface area contributed by atoms with E-state index in [1.54, 1.807) is 6.92 Å². The van der Waals surface area contributed by atoms with Gasteiger partial charge in [-0.1, -0.05) is 6.92 Å². The van der Waals surface area contributed by atoms with Crippen molar-refractivity contribution >= 4 is 11.8 Å². The Morgan fingerprint density at radius 3 is 2.94 bits per heavy atom. The molecule has 1 aromatic rings. The maximum atomic E-state index is 11.6. The Balaban J connectivity index is 1.82. The Morgan fingerprint density at radius 1 is 1.56 bits per heavy atom. The largest absolute Gasteiger partial charge is 0.282 e.